The topological polar surface area (TPSA) is 23.5 Å². The Hall–Kier alpha value is -0.435. The fraction of sp³-hybridized carbons (Fsp3) is 0.667. The zero-order valence-electron chi connectivity index (χ0n) is 5.67. The molecule has 0 spiro atoms. The standard InChI is InChI=1S/C6H11BNO/c1-5(9)6-7-3-4-8(6)2/h6,9H,1,3-4H2,2H3. The first kappa shape index (κ1) is 6.68. The number of hydrogen-bond donors (Lipinski definition) is 1. The van der Waals surface area contributed by atoms with E-state index < -0.39 is 0 Å². The van der Waals surface area contributed by atoms with Crippen LogP contribution in [-0.2, 0) is 0 Å². The number of aliphatic hydroxyl groups excluding tert-OH is 1. The minimum absolute atomic E-state index is 0.102. The molecule has 1 fully saturated rings. The summed E-state index contributed by atoms with van der Waals surface area (Å²) < 4.78 is 0. The van der Waals surface area contributed by atoms with Crippen molar-refractivity contribution in [3.05, 3.63) is 12.3 Å². The van der Waals surface area contributed by atoms with E-state index in [1.54, 1.807) is 0 Å². The first-order valence-electron chi connectivity index (χ1n) is 3.13. The molecule has 0 aliphatic carbocycles. The van der Waals surface area contributed by atoms with Gasteiger partial charge in [0.05, 0.1) is 5.76 Å². The molecule has 2 nitrogen and oxygen atoms in total. The quantitative estimate of drug-likeness (QED) is 0.405. The van der Waals surface area contributed by atoms with Gasteiger partial charge in [-0.05, 0) is 13.6 Å². The van der Waals surface area contributed by atoms with Crippen LogP contribution >= 0.6 is 0 Å². The van der Waals surface area contributed by atoms with Gasteiger partial charge in [0.15, 0.2) is 0 Å². The molecule has 0 aromatic carbocycles. The van der Waals surface area contributed by atoms with Gasteiger partial charge in [0, 0.05) is 5.94 Å². The van der Waals surface area contributed by atoms with Crippen LogP contribution in [-0.4, -0.2) is 36.8 Å². The van der Waals surface area contributed by atoms with Gasteiger partial charge in [0.1, 0.15) is 7.28 Å². The lowest BCUT2D eigenvalue weighted by Crippen LogP contribution is -2.29. The van der Waals surface area contributed by atoms with Crippen LogP contribution in [0.15, 0.2) is 12.3 Å². The molecular weight excluding hydrogens is 113 g/mol. The highest BCUT2D eigenvalue weighted by Crippen LogP contribution is 2.11. The van der Waals surface area contributed by atoms with Gasteiger partial charge in [-0.15, -0.1) is 0 Å². The van der Waals surface area contributed by atoms with E-state index in [-0.39, 0.29) is 11.7 Å². The maximum atomic E-state index is 8.96. The second kappa shape index (κ2) is 2.44. The molecule has 1 aliphatic heterocycles. The number of likely N-dealkylation sites (N-methyl/N-ethyl adjacent to an activating group) is 1. The average molecular weight is 124 g/mol. The summed E-state index contributed by atoms with van der Waals surface area (Å²) >= 11 is 0. The second-order valence-corrected chi connectivity index (χ2v) is 2.44. The normalized spacial score (nSPS) is 27.9. The zero-order valence-corrected chi connectivity index (χ0v) is 5.67. The van der Waals surface area contributed by atoms with Gasteiger partial charge in [0.25, 0.3) is 0 Å². The fourth-order valence-electron chi connectivity index (χ4n) is 1.15. The second-order valence-electron chi connectivity index (χ2n) is 2.44. The van der Waals surface area contributed by atoms with Gasteiger partial charge in [-0.25, -0.2) is 0 Å². The van der Waals surface area contributed by atoms with Crippen LogP contribution < -0.4 is 0 Å². The molecule has 0 aromatic rings. The van der Waals surface area contributed by atoms with Crippen LogP contribution in [0, 0.1) is 0 Å². The molecule has 1 saturated heterocycles. The summed E-state index contributed by atoms with van der Waals surface area (Å²) in [5, 5.41) is 8.96. The highest BCUT2D eigenvalue weighted by molar-refractivity contribution is 6.39. The summed E-state index contributed by atoms with van der Waals surface area (Å²) in [5.41, 5.74) is 0. The van der Waals surface area contributed by atoms with E-state index >= 15 is 0 Å². The molecular formula is C6H11BNO. The van der Waals surface area contributed by atoms with Crippen molar-refractivity contribution in [3.8, 4) is 0 Å². The Morgan fingerprint density at radius 1 is 1.89 bits per heavy atom. The van der Waals surface area contributed by atoms with E-state index in [1.165, 1.54) is 0 Å². The number of rotatable bonds is 1. The Labute approximate surface area is 56.4 Å². The van der Waals surface area contributed by atoms with Gasteiger partial charge in [0.2, 0.25) is 0 Å². The monoisotopic (exact) mass is 124 g/mol. The lowest BCUT2D eigenvalue weighted by atomic mass is 9.69. The summed E-state index contributed by atoms with van der Waals surface area (Å²) in [6.07, 6.45) is 1.06. The SMILES string of the molecule is C=C(O)C1[B]CCN1C. The smallest absolute Gasteiger partial charge is 0.144 e. The van der Waals surface area contributed by atoms with Crippen LogP contribution in [0.1, 0.15) is 0 Å². The van der Waals surface area contributed by atoms with E-state index in [4.69, 9.17) is 5.11 Å². The van der Waals surface area contributed by atoms with E-state index in [9.17, 15) is 0 Å². The Morgan fingerprint density at radius 2 is 2.56 bits per heavy atom. The molecule has 1 N–H and O–H groups in total. The van der Waals surface area contributed by atoms with Crippen molar-refractivity contribution >= 4 is 7.28 Å². The molecule has 1 unspecified atom stereocenters. The molecule has 0 saturated carbocycles. The first-order chi connectivity index (χ1) is 4.22. The van der Waals surface area contributed by atoms with Crippen molar-refractivity contribution in [2.45, 2.75) is 12.3 Å². The van der Waals surface area contributed by atoms with Crippen molar-refractivity contribution in [1.82, 2.24) is 4.90 Å². The van der Waals surface area contributed by atoms with Gasteiger partial charge in [-0.2, -0.15) is 0 Å². The van der Waals surface area contributed by atoms with Crippen LogP contribution in [0.2, 0.25) is 6.32 Å². The zero-order chi connectivity index (χ0) is 6.85. The van der Waals surface area contributed by atoms with Crippen molar-refractivity contribution in [2.75, 3.05) is 13.6 Å². The van der Waals surface area contributed by atoms with E-state index in [0.29, 0.717) is 0 Å². The maximum absolute atomic E-state index is 8.96. The third-order valence-corrected chi connectivity index (χ3v) is 1.69. The van der Waals surface area contributed by atoms with Crippen molar-refractivity contribution in [3.63, 3.8) is 0 Å². The minimum Gasteiger partial charge on any atom is -0.512 e. The molecule has 1 atom stereocenters. The summed E-state index contributed by atoms with van der Waals surface area (Å²) in [6, 6.07) is 0. The van der Waals surface area contributed by atoms with Crippen LogP contribution in [0.25, 0.3) is 0 Å². The predicted octanol–water partition coefficient (Wildman–Crippen LogP) is 0.452. The lowest BCUT2D eigenvalue weighted by molar-refractivity contribution is 0.288. The van der Waals surface area contributed by atoms with Gasteiger partial charge in [-0.3, -0.25) is 0 Å². The summed E-state index contributed by atoms with van der Waals surface area (Å²) in [5.74, 6) is 0.361. The van der Waals surface area contributed by atoms with Crippen molar-refractivity contribution in [1.29, 1.82) is 0 Å². The number of nitrogens with zero attached hydrogens (tertiary/aromatic N) is 1. The van der Waals surface area contributed by atoms with Crippen molar-refractivity contribution < 1.29 is 5.11 Å². The van der Waals surface area contributed by atoms with Crippen LogP contribution in [0.4, 0.5) is 0 Å². The van der Waals surface area contributed by atoms with Crippen LogP contribution in [0.5, 0.6) is 0 Å². The van der Waals surface area contributed by atoms with Gasteiger partial charge < -0.3 is 10.0 Å². The molecule has 49 valence electrons. The molecule has 0 amide bonds. The molecule has 1 heterocycles. The highest BCUT2D eigenvalue weighted by Gasteiger charge is 2.23. The number of hydrogen-bond acceptors (Lipinski definition) is 2. The Bertz CT molecular complexity index is 126. The molecule has 9 heavy (non-hydrogen) atoms. The van der Waals surface area contributed by atoms with E-state index in [0.717, 1.165) is 12.9 Å². The minimum atomic E-state index is 0.102. The van der Waals surface area contributed by atoms with E-state index in [1.807, 2.05) is 7.05 Å². The van der Waals surface area contributed by atoms with Gasteiger partial charge in [-0.1, -0.05) is 12.9 Å². The number of aliphatic hydroxyl groups is 1. The van der Waals surface area contributed by atoms with Gasteiger partial charge >= 0.3 is 0 Å². The third-order valence-electron chi connectivity index (χ3n) is 1.69. The Kier molecular flexibility index (Phi) is 1.81. The largest absolute Gasteiger partial charge is 0.512 e. The van der Waals surface area contributed by atoms with Crippen molar-refractivity contribution in [2.24, 2.45) is 0 Å². The molecule has 0 aromatic heterocycles. The highest BCUT2D eigenvalue weighted by atomic mass is 16.3. The summed E-state index contributed by atoms with van der Waals surface area (Å²) in [4.78, 5) is 2.07. The Balaban J connectivity index is 2.49. The lowest BCUT2D eigenvalue weighted by Gasteiger charge is -2.17. The molecule has 1 radical (unpaired) electrons. The molecule has 3 heteroatoms. The first-order valence-corrected chi connectivity index (χ1v) is 3.13. The van der Waals surface area contributed by atoms with E-state index in [2.05, 4.69) is 18.8 Å². The maximum Gasteiger partial charge on any atom is 0.144 e. The molecule has 1 aliphatic rings. The molecule has 1 rings (SSSR count). The van der Waals surface area contributed by atoms with Crippen LogP contribution in [0.3, 0.4) is 0 Å². The predicted molar refractivity (Wildman–Crippen MR) is 38.7 cm³/mol. The average Bonchev–Trinajstić information content (AvgIpc) is 2.13. The molecule has 0 bridgehead atoms. The fourth-order valence-corrected chi connectivity index (χ4v) is 1.15. The third kappa shape index (κ3) is 1.27. The Morgan fingerprint density at radius 3 is 2.78 bits per heavy atom. The summed E-state index contributed by atoms with van der Waals surface area (Å²) in [6.45, 7) is 4.50. The summed E-state index contributed by atoms with van der Waals surface area (Å²) in [7, 11) is 4.05.